The summed E-state index contributed by atoms with van der Waals surface area (Å²) in [5.41, 5.74) is 0.483. The van der Waals surface area contributed by atoms with Crippen molar-refractivity contribution >= 4 is 11.6 Å². The Bertz CT molecular complexity index is 390. The Labute approximate surface area is 81.3 Å². The summed E-state index contributed by atoms with van der Waals surface area (Å²) in [5.74, 6) is 0.698. The van der Waals surface area contributed by atoms with E-state index in [1.54, 1.807) is 6.07 Å². The summed E-state index contributed by atoms with van der Waals surface area (Å²) in [4.78, 5) is 24.7. The lowest BCUT2D eigenvalue weighted by molar-refractivity contribution is -0.117. The minimum absolute atomic E-state index is 0.0459. The minimum Gasteiger partial charge on any atom is -0.327 e. The van der Waals surface area contributed by atoms with Crippen molar-refractivity contribution in [1.82, 2.24) is 4.98 Å². The fourth-order valence-corrected chi connectivity index (χ4v) is 1.41. The van der Waals surface area contributed by atoms with E-state index in [0.29, 0.717) is 11.6 Å². The number of hydrogen-bond donors (Lipinski definition) is 2. The third kappa shape index (κ3) is 1.84. The highest BCUT2D eigenvalue weighted by atomic mass is 16.2. The highest BCUT2D eigenvalue weighted by Gasteiger charge is 2.38. The molecule has 4 nitrogen and oxygen atoms in total. The van der Waals surface area contributed by atoms with Gasteiger partial charge >= 0.3 is 0 Å². The molecule has 2 atom stereocenters. The quantitative estimate of drug-likeness (QED) is 0.733. The van der Waals surface area contributed by atoms with Crippen molar-refractivity contribution in [3.63, 3.8) is 0 Å². The van der Waals surface area contributed by atoms with Crippen LogP contribution in [0.5, 0.6) is 0 Å². The van der Waals surface area contributed by atoms with Crippen molar-refractivity contribution in [2.45, 2.75) is 13.3 Å². The fraction of sp³-hybridized carbons (Fsp3) is 0.400. The molecular weight excluding hydrogens is 180 g/mol. The zero-order valence-electron chi connectivity index (χ0n) is 7.91. The average molecular weight is 192 g/mol. The molecule has 4 heteroatoms. The Hall–Kier alpha value is -1.58. The smallest absolute Gasteiger partial charge is 0.248 e. The number of aromatic amines is 1. The van der Waals surface area contributed by atoms with E-state index < -0.39 is 0 Å². The van der Waals surface area contributed by atoms with Gasteiger partial charge in [-0.3, -0.25) is 9.59 Å². The van der Waals surface area contributed by atoms with Crippen LogP contribution in [-0.2, 0) is 4.79 Å². The molecule has 1 aromatic heterocycles. The Morgan fingerprint density at radius 2 is 2.29 bits per heavy atom. The number of nitrogens with one attached hydrogen (secondary N) is 2. The Kier molecular flexibility index (Phi) is 2.11. The molecule has 1 heterocycles. The number of hydrogen-bond acceptors (Lipinski definition) is 2. The third-order valence-corrected chi connectivity index (χ3v) is 2.50. The van der Waals surface area contributed by atoms with Crippen molar-refractivity contribution < 1.29 is 4.79 Å². The summed E-state index contributed by atoms with van der Waals surface area (Å²) < 4.78 is 0. The van der Waals surface area contributed by atoms with Crippen molar-refractivity contribution in [2.24, 2.45) is 11.8 Å². The van der Waals surface area contributed by atoms with Gasteiger partial charge in [-0.25, -0.2) is 0 Å². The molecule has 2 unspecified atom stereocenters. The Morgan fingerprint density at radius 3 is 2.79 bits per heavy atom. The molecule has 1 fully saturated rings. The lowest BCUT2D eigenvalue weighted by atomic mass is 10.3. The molecule has 1 aromatic rings. The second kappa shape index (κ2) is 3.29. The zero-order chi connectivity index (χ0) is 10.1. The van der Waals surface area contributed by atoms with Gasteiger partial charge in [-0.1, -0.05) is 6.92 Å². The van der Waals surface area contributed by atoms with Gasteiger partial charge in [0, 0.05) is 18.2 Å². The average Bonchev–Trinajstić information content (AvgIpc) is 2.87. The fourth-order valence-electron chi connectivity index (χ4n) is 1.41. The summed E-state index contributed by atoms with van der Waals surface area (Å²) in [6.07, 6.45) is 2.47. The maximum absolute atomic E-state index is 11.5. The van der Waals surface area contributed by atoms with Crippen LogP contribution in [0, 0.1) is 11.8 Å². The van der Waals surface area contributed by atoms with Crippen molar-refractivity contribution in [2.75, 3.05) is 5.32 Å². The van der Waals surface area contributed by atoms with Gasteiger partial charge in [-0.15, -0.1) is 0 Å². The lowest BCUT2D eigenvalue weighted by Gasteiger charge is -2.02. The van der Waals surface area contributed by atoms with Crippen LogP contribution in [-0.4, -0.2) is 10.9 Å². The number of anilines is 1. The van der Waals surface area contributed by atoms with Crippen LogP contribution in [0.15, 0.2) is 23.1 Å². The molecule has 0 radical (unpaired) electrons. The molecule has 2 rings (SSSR count). The number of amides is 1. The molecular formula is C10H12N2O2. The third-order valence-electron chi connectivity index (χ3n) is 2.50. The zero-order valence-corrected chi connectivity index (χ0v) is 7.91. The maximum atomic E-state index is 11.5. The van der Waals surface area contributed by atoms with Gasteiger partial charge in [0.25, 0.3) is 0 Å². The second-order valence-electron chi connectivity index (χ2n) is 3.75. The predicted molar refractivity (Wildman–Crippen MR) is 53.0 cm³/mol. The van der Waals surface area contributed by atoms with Gasteiger partial charge in [-0.05, 0) is 18.4 Å². The summed E-state index contributed by atoms with van der Waals surface area (Å²) >= 11 is 0. The monoisotopic (exact) mass is 192 g/mol. The molecule has 0 aliphatic heterocycles. The van der Waals surface area contributed by atoms with Crippen LogP contribution in [0.4, 0.5) is 5.69 Å². The van der Waals surface area contributed by atoms with Gasteiger partial charge in [0.2, 0.25) is 11.5 Å². The molecule has 0 bridgehead atoms. The van der Waals surface area contributed by atoms with Crippen LogP contribution in [0.2, 0.25) is 0 Å². The highest BCUT2D eigenvalue weighted by Crippen LogP contribution is 2.38. The van der Waals surface area contributed by atoms with Gasteiger partial charge < -0.3 is 10.3 Å². The first-order valence-electron chi connectivity index (χ1n) is 4.66. The first-order chi connectivity index (χ1) is 6.66. The van der Waals surface area contributed by atoms with Crippen LogP contribution >= 0.6 is 0 Å². The van der Waals surface area contributed by atoms with Crippen LogP contribution in [0.3, 0.4) is 0 Å². The molecule has 74 valence electrons. The molecule has 0 aromatic carbocycles. The largest absolute Gasteiger partial charge is 0.327 e. The summed E-state index contributed by atoms with van der Waals surface area (Å²) in [6, 6.07) is 3.00. The number of carbonyl (C=O) groups is 1. The van der Waals surface area contributed by atoms with Crippen molar-refractivity contribution in [1.29, 1.82) is 0 Å². The van der Waals surface area contributed by atoms with E-state index in [-0.39, 0.29) is 17.4 Å². The lowest BCUT2D eigenvalue weighted by Crippen LogP contribution is -2.15. The standard InChI is InChI=1S/C10H12N2O2/c1-6-4-8(6)10(14)12-7-2-3-9(13)11-5-7/h2-3,5-6,8H,4H2,1H3,(H,11,13)(H,12,14). The number of rotatable bonds is 2. The molecule has 1 amide bonds. The summed E-state index contributed by atoms with van der Waals surface area (Å²) in [5, 5.41) is 2.75. The van der Waals surface area contributed by atoms with E-state index in [1.807, 2.05) is 0 Å². The second-order valence-corrected chi connectivity index (χ2v) is 3.75. The van der Waals surface area contributed by atoms with Crippen LogP contribution in [0.1, 0.15) is 13.3 Å². The van der Waals surface area contributed by atoms with E-state index in [2.05, 4.69) is 17.2 Å². The minimum atomic E-state index is -0.164. The molecule has 14 heavy (non-hydrogen) atoms. The van der Waals surface area contributed by atoms with Crippen LogP contribution in [0.25, 0.3) is 0 Å². The molecule has 1 saturated carbocycles. The number of H-pyrrole nitrogens is 1. The van der Waals surface area contributed by atoms with Gasteiger partial charge in [0.1, 0.15) is 0 Å². The number of pyridine rings is 1. The van der Waals surface area contributed by atoms with E-state index in [4.69, 9.17) is 0 Å². The SMILES string of the molecule is CC1CC1C(=O)Nc1ccc(=O)[nH]c1. The molecule has 1 aliphatic rings. The molecule has 1 aliphatic carbocycles. The van der Waals surface area contributed by atoms with E-state index in [9.17, 15) is 9.59 Å². The van der Waals surface area contributed by atoms with Crippen LogP contribution < -0.4 is 10.9 Å². The topological polar surface area (TPSA) is 62.0 Å². The molecule has 0 spiro atoms. The summed E-state index contributed by atoms with van der Waals surface area (Å²) in [6.45, 7) is 2.05. The van der Waals surface area contributed by atoms with Crippen molar-refractivity contribution in [3.05, 3.63) is 28.7 Å². The van der Waals surface area contributed by atoms with E-state index in [1.165, 1.54) is 12.3 Å². The van der Waals surface area contributed by atoms with Gasteiger partial charge in [-0.2, -0.15) is 0 Å². The normalized spacial score (nSPS) is 24.4. The first kappa shape index (κ1) is 8.99. The van der Waals surface area contributed by atoms with Crippen molar-refractivity contribution in [3.8, 4) is 0 Å². The first-order valence-corrected chi connectivity index (χ1v) is 4.66. The van der Waals surface area contributed by atoms with Gasteiger partial charge in [0.05, 0.1) is 5.69 Å². The Balaban J connectivity index is 2.00. The van der Waals surface area contributed by atoms with Gasteiger partial charge in [0.15, 0.2) is 0 Å². The predicted octanol–water partition coefficient (Wildman–Crippen LogP) is 0.969. The Morgan fingerprint density at radius 1 is 1.57 bits per heavy atom. The van der Waals surface area contributed by atoms with E-state index >= 15 is 0 Å². The van der Waals surface area contributed by atoms with E-state index in [0.717, 1.165) is 6.42 Å². The summed E-state index contributed by atoms with van der Waals surface area (Å²) in [7, 11) is 0. The molecule has 0 saturated heterocycles. The molecule has 2 N–H and O–H groups in total. The number of aromatic nitrogens is 1. The number of carbonyl (C=O) groups excluding carboxylic acids is 1. The maximum Gasteiger partial charge on any atom is 0.248 e. The highest BCUT2D eigenvalue weighted by molar-refractivity contribution is 5.94.